The molecule has 3 aromatic rings. The predicted molar refractivity (Wildman–Crippen MR) is 90.3 cm³/mol. The van der Waals surface area contributed by atoms with Gasteiger partial charge in [0.25, 0.3) is 5.91 Å². The molecule has 0 fully saturated rings. The van der Waals surface area contributed by atoms with Crippen LogP contribution < -0.4 is 10.1 Å². The first-order chi connectivity index (χ1) is 12.5. The number of hydrogen-bond acceptors (Lipinski definition) is 4. The maximum absolute atomic E-state index is 12.3. The van der Waals surface area contributed by atoms with Crippen LogP contribution in [0.25, 0.3) is 5.69 Å². The summed E-state index contributed by atoms with van der Waals surface area (Å²) in [6.45, 7) is -1.04. The van der Waals surface area contributed by atoms with Crippen molar-refractivity contribution >= 4 is 5.91 Å². The molecule has 0 aliphatic rings. The fourth-order valence-electron chi connectivity index (χ4n) is 2.41. The fourth-order valence-corrected chi connectivity index (χ4v) is 2.41. The summed E-state index contributed by atoms with van der Waals surface area (Å²) in [6, 6.07) is 12.8. The van der Waals surface area contributed by atoms with Crippen molar-refractivity contribution in [1.82, 2.24) is 20.1 Å². The van der Waals surface area contributed by atoms with Gasteiger partial charge < -0.3 is 10.1 Å². The lowest BCUT2D eigenvalue weighted by Gasteiger charge is -2.15. The highest BCUT2D eigenvalue weighted by Gasteiger charge is 2.12. The first-order valence-corrected chi connectivity index (χ1v) is 7.83. The third-order valence-electron chi connectivity index (χ3n) is 3.77. The number of hydrogen-bond donors (Lipinski definition) is 1. The van der Waals surface area contributed by atoms with Gasteiger partial charge in [0.2, 0.25) is 0 Å². The highest BCUT2D eigenvalue weighted by atomic mass is 19.3. The number of alkyl halides is 2. The molecule has 1 unspecified atom stereocenters. The summed E-state index contributed by atoms with van der Waals surface area (Å²) in [5.74, 6) is -0.297. The van der Waals surface area contributed by atoms with E-state index in [0.29, 0.717) is 5.56 Å². The molecule has 0 aliphatic carbocycles. The molecule has 26 heavy (non-hydrogen) atoms. The van der Waals surface area contributed by atoms with E-state index in [-0.39, 0.29) is 17.7 Å². The van der Waals surface area contributed by atoms with Gasteiger partial charge in [-0.05, 0) is 48.9 Å². The molecule has 1 heterocycles. The van der Waals surface area contributed by atoms with Crippen molar-refractivity contribution in [2.45, 2.75) is 19.6 Å². The van der Waals surface area contributed by atoms with Gasteiger partial charge in [-0.2, -0.15) is 13.9 Å². The van der Waals surface area contributed by atoms with E-state index in [4.69, 9.17) is 0 Å². The molecular formula is C18H16F2N4O2. The SMILES string of the molecule is CC(NC(=O)c1ccc(OC(F)F)cc1)c1ccc(-n2cncn2)cc1. The summed E-state index contributed by atoms with van der Waals surface area (Å²) in [6.07, 6.45) is 3.05. The Labute approximate surface area is 148 Å². The van der Waals surface area contributed by atoms with Gasteiger partial charge in [-0.3, -0.25) is 4.79 Å². The average molecular weight is 358 g/mol. The van der Waals surface area contributed by atoms with E-state index in [1.54, 1.807) is 11.0 Å². The summed E-state index contributed by atoms with van der Waals surface area (Å²) >= 11 is 0. The Morgan fingerprint density at radius 2 is 1.81 bits per heavy atom. The molecule has 6 nitrogen and oxygen atoms in total. The second kappa shape index (κ2) is 7.73. The van der Waals surface area contributed by atoms with Crippen LogP contribution in [0.4, 0.5) is 8.78 Å². The van der Waals surface area contributed by atoms with Crippen LogP contribution in [0.2, 0.25) is 0 Å². The lowest BCUT2D eigenvalue weighted by atomic mass is 10.1. The van der Waals surface area contributed by atoms with Gasteiger partial charge >= 0.3 is 6.61 Å². The quantitative estimate of drug-likeness (QED) is 0.734. The van der Waals surface area contributed by atoms with Gasteiger partial charge in [0.05, 0.1) is 11.7 Å². The highest BCUT2D eigenvalue weighted by Crippen LogP contribution is 2.18. The van der Waals surface area contributed by atoms with Crippen LogP contribution in [-0.2, 0) is 0 Å². The van der Waals surface area contributed by atoms with E-state index in [9.17, 15) is 13.6 Å². The predicted octanol–water partition coefficient (Wildman–Crippen LogP) is 3.36. The zero-order valence-corrected chi connectivity index (χ0v) is 13.8. The van der Waals surface area contributed by atoms with Crippen LogP contribution in [0.3, 0.4) is 0 Å². The average Bonchev–Trinajstić information content (AvgIpc) is 3.16. The molecule has 0 saturated carbocycles. The van der Waals surface area contributed by atoms with Crippen molar-refractivity contribution in [3.63, 3.8) is 0 Å². The molecule has 1 amide bonds. The molecule has 0 spiro atoms. The molecule has 0 radical (unpaired) electrons. The lowest BCUT2D eigenvalue weighted by molar-refractivity contribution is -0.0498. The lowest BCUT2D eigenvalue weighted by Crippen LogP contribution is -2.26. The molecule has 2 aromatic carbocycles. The number of carbonyl (C=O) groups excluding carboxylic acids is 1. The van der Waals surface area contributed by atoms with Gasteiger partial charge in [0, 0.05) is 5.56 Å². The van der Waals surface area contributed by atoms with Crippen molar-refractivity contribution in [1.29, 1.82) is 0 Å². The maximum atomic E-state index is 12.3. The van der Waals surface area contributed by atoms with Crippen LogP contribution in [-0.4, -0.2) is 27.3 Å². The Hall–Kier alpha value is -3.29. The van der Waals surface area contributed by atoms with Gasteiger partial charge in [-0.15, -0.1) is 0 Å². The number of ether oxygens (including phenoxy) is 1. The van der Waals surface area contributed by atoms with Crippen LogP contribution in [0.1, 0.15) is 28.9 Å². The Bertz CT molecular complexity index is 850. The Balaban J connectivity index is 1.63. The maximum Gasteiger partial charge on any atom is 0.387 e. The van der Waals surface area contributed by atoms with E-state index in [2.05, 4.69) is 20.1 Å². The number of rotatable bonds is 6. The number of amides is 1. The van der Waals surface area contributed by atoms with E-state index >= 15 is 0 Å². The highest BCUT2D eigenvalue weighted by molar-refractivity contribution is 5.94. The van der Waals surface area contributed by atoms with Crippen LogP contribution in [0.5, 0.6) is 5.75 Å². The molecule has 1 atom stereocenters. The molecule has 134 valence electrons. The standard InChI is InChI=1S/C18H16F2N4O2/c1-12(13-2-6-15(7-3-13)24-11-21-10-22-24)23-17(25)14-4-8-16(9-5-14)26-18(19)20/h2-12,18H,1H3,(H,23,25). The van der Waals surface area contributed by atoms with E-state index in [1.807, 2.05) is 31.2 Å². The second-order valence-electron chi connectivity index (χ2n) is 5.53. The molecule has 0 aliphatic heterocycles. The zero-order valence-electron chi connectivity index (χ0n) is 13.8. The van der Waals surface area contributed by atoms with Gasteiger partial charge in [0.15, 0.2) is 0 Å². The Morgan fingerprint density at radius 1 is 1.12 bits per heavy atom. The topological polar surface area (TPSA) is 69.0 Å². The summed E-state index contributed by atoms with van der Waals surface area (Å²) in [4.78, 5) is 16.2. The van der Waals surface area contributed by atoms with Crippen molar-refractivity contribution in [2.24, 2.45) is 0 Å². The number of benzene rings is 2. The third-order valence-corrected chi connectivity index (χ3v) is 3.77. The minimum absolute atomic E-state index is 0.00768. The number of nitrogens with one attached hydrogen (secondary N) is 1. The summed E-state index contributed by atoms with van der Waals surface area (Å²) < 4.78 is 30.2. The number of carbonyl (C=O) groups is 1. The van der Waals surface area contributed by atoms with Crippen LogP contribution in [0.15, 0.2) is 61.2 Å². The minimum Gasteiger partial charge on any atom is -0.435 e. The largest absolute Gasteiger partial charge is 0.435 e. The number of nitrogens with zero attached hydrogens (tertiary/aromatic N) is 3. The number of aromatic nitrogens is 3. The van der Waals surface area contributed by atoms with Gasteiger partial charge in [-0.25, -0.2) is 9.67 Å². The molecule has 0 bridgehead atoms. The first-order valence-electron chi connectivity index (χ1n) is 7.83. The van der Waals surface area contributed by atoms with E-state index in [1.165, 1.54) is 30.6 Å². The Kier molecular flexibility index (Phi) is 5.21. The second-order valence-corrected chi connectivity index (χ2v) is 5.53. The normalized spacial score (nSPS) is 12.0. The van der Waals surface area contributed by atoms with Crippen molar-refractivity contribution in [3.8, 4) is 11.4 Å². The monoisotopic (exact) mass is 358 g/mol. The summed E-state index contributed by atoms with van der Waals surface area (Å²) in [7, 11) is 0. The smallest absolute Gasteiger partial charge is 0.387 e. The molecule has 8 heteroatoms. The van der Waals surface area contributed by atoms with Crippen LogP contribution in [0, 0.1) is 0 Å². The zero-order chi connectivity index (χ0) is 18.5. The van der Waals surface area contributed by atoms with Crippen molar-refractivity contribution in [2.75, 3.05) is 0 Å². The van der Waals surface area contributed by atoms with Crippen LogP contribution >= 0.6 is 0 Å². The summed E-state index contributed by atoms with van der Waals surface area (Å²) in [5, 5.41) is 6.92. The molecule has 3 rings (SSSR count). The van der Waals surface area contributed by atoms with Gasteiger partial charge in [-0.1, -0.05) is 12.1 Å². The first kappa shape index (κ1) is 17.5. The molecule has 1 aromatic heterocycles. The van der Waals surface area contributed by atoms with Gasteiger partial charge in [0.1, 0.15) is 18.4 Å². The molecular weight excluding hydrogens is 342 g/mol. The fraction of sp³-hybridized carbons (Fsp3) is 0.167. The Morgan fingerprint density at radius 3 is 2.38 bits per heavy atom. The number of halogens is 2. The van der Waals surface area contributed by atoms with Crippen molar-refractivity contribution < 1.29 is 18.3 Å². The molecule has 0 saturated heterocycles. The molecule has 1 N–H and O–H groups in total. The summed E-state index contributed by atoms with van der Waals surface area (Å²) in [5.41, 5.74) is 2.14. The van der Waals surface area contributed by atoms with Crippen molar-refractivity contribution in [3.05, 3.63) is 72.3 Å². The minimum atomic E-state index is -2.89. The van der Waals surface area contributed by atoms with E-state index < -0.39 is 6.61 Å². The van der Waals surface area contributed by atoms with E-state index in [0.717, 1.165) is 11.3 Å². The third kappa shape index (κ3) is 4.21.